The lowest BCUT2D eigenvalue weighted by Gasteiger charge is -2.39. The van der Waals surface area contributed by atoms with Crippen molar-refractivity contribution in [3.05, 3.63) is 70.8 Å². The van der Waals surface area contributed by atoms with Crippen LogP contribution in [0.25, 0.3) is 0 Å². The van der Waals surface area contributed by atoms with Gasteiger partial charge in [0.1, 0.15) is 9.84 Å². The van der Waals surface area contributed by atoms with Gasteiger partial charge in [0, 0.05) is 51.2 Å². The second-order valence-electron chi connectivity index (χ2n) is 9.74. The molecule has 2 aromatic carbocycles. The maximum Gasteiger partial charge on any atom is 0.416 e. The highest BCUT2D eigenvalue weighted by Crippen LogP contribution is 2.37. The van der Waals surface area contributed by atoms with Gasteiger partial charge in [-0.1, -0.05) is 30.3 Å². The molecule has 2 atom stereocenters. The van der Waals surface area contributed by atoms with E-state index < -0.39 is 57.6 Å². The number of benzene rings is 2. The second-order valence-corrected chi connectivity index (χ2v) is 12.0. The Morgan fingerprint density at radius 3 is 2.05 bits per heavy atom. The number of hydrogen-bond donors (Lipinski definition) is 0. The van der Waals surface area contributed by atoms with Gasteiger partial charge in [-0.15, -0.1) is 0 Å². The van der Waals surface area contributed by atoms with Crippen molar-refractivity contribution in [1.29, 1.82) is 0 Å². The molecule has 214 valence electrons. The van der Waals surface area contributed by atoms with Gasteiger partial charge >= 0.3 is 12.4 Å². The summed E-state index contributed by atoms with van der Waals surface area (Å²) in [4.78, 5) is 28.7. The van der Waals surface area contributed by atoms with E-state index in [4.69, 9.17) is 0 Å². The van der Waals surface area contributed by atoms with Crippen molar-refractivity contribution in [3.63, 3.8) is 0 Å². The zero-order valence-electron chi connectivity index (χ0n) is 21.2. The van der Waals surface area contributed by atoms with Crippen LogP contribution in [0.2, 0.25) is 0 Å². The van der Waals surface area contributed by atoms with Crippen molar-refractivity contribution < 1.29 is 44.3 Å². The first-order chi connectivity index (χ1) is 18.0. The second kappa shape index (κ2) is 11.6. The first kappa shape index (κ1) is 30.5. The fourth-order valence-corrected chi connectivity index (χ4v) is 5.23. The quantitative estimate of drug-likeness (QED) is 0.445. The molecule has 2 aromatic rings. The summed E-state index contributed by atoms with van der Waals surface area (Å²) in [5, 5.41) is 0. The topological polar surface area (TPSA) is 74.8 Å². The van der Waals surface area contributed by atoms with Crippen molar-refractivity contribution in [2.24, 2.45) is 5.92 Å². The van der Waals surface area contributed by atoms with Crippen molar-refractivity contribution in [2.45, 2.75) is 37.7 Å². The molecule has 1 aliphatic heterocycles. The van der Waals surface area contributed by atoms with Gasteiger partial charge in [0.05, 0.1) is 16.9 Å². The van der Waals surface area contributed by atoms with Crippen LogP contribution in [-0.2, 0) is 38.3 Å². The Morgan fingerprint density at radius 2 is 1.54 bits per heavy atom. The summed E-state index contributed by atoms with van der Waals surface area (Å²) < 4.78 is 103. The number of piperidine rings is 1. The zero-order valence-corrected chi connectivity index (χ0v) is 22.0. The maximum absolute atomic E-state index is 13.5. The third kappa shape index (κ3) is 8.20. The van der Waals surface area contributed by atoms with Crippen LogP contribution in [0.3, 0.4) is 0 Å². The van der Waals surface area contributed by atoms with Crippen LogP contribution in [0.15, 0.2) is 48.5 Å². The Labute approximate surface area is 222 Å². The molecule has 13 heteroatoms. The lowest BCUT2D eigenvalue weighted by Crippen LogP contribution is -2.47. The number of amides is 2. The van der Waals surface area contributed by atoms with Crippen LogP contribution in [-0.4, -0.2) is 62.2 Å². The molecule has 0 spiro atoms. The summed E-state index contributed by atoms with van der Waals surface area (Å²) in [6.07, 6.45) is -9.02. The predicted molar refractivity (Wildman–Crippen MR) is 131 cm³/mol. The number of carbonyl (C=O) groups is 2. The zero-order chi connectivity index (χ0) is 29.2. The highest BCUT2D eigenvalue weighted by Gasteiger charge is 2.39. The minimum absolute atomic E-state index is 0.0350. The average Bonchev–Trinajstić information content (AvgIpc) is 2.85. The van der Waals surface area contributed by atoms with Gasteiger partial charge in [-0.05, 0) is 35.7 Å². The van der Waals surface area contributed by atoms with Gasteiger partial charge < -0.3 is 9.80 Å². The minimum Gasteiger partial charge on any atom is -0.342 e. The van der Waals surface area contributed by atoms with E-state index in [1.54, 1.807) is 30.3 Å². The molecular weight excluding hydrogens is 550 g/mol. The van der Waals surface area contributed by atoms with Crippen LogP contribution >= 0.6 is 0 Å². The molecule has 3 rings (SSSR count). The van der Waals surface area contributed by atoms with E-state index in [0.29, 0.717) is 12.1 Å². The standard InChI is InChI=1S/C26H28F6N2O4S/c1-33(15-17-12-19(25(27,28)29)14-20(13-17)26(30,31)32)24(36)21-8-10-34(23(35)9-11-39(2,37)38)16-22(21)18-6-4-3-5-7-18/h3-7,12-14,21-22H,8-11,15-16H2,1-2H3/t21-,22-/m0/s1. The average molecular weight is 579 g/mol. The maximum atomic E-state index is 13.5. The molecule has 6 nitrogen and oxygen atoms in total. The van der Waals surface area contributed by atoms with Gasteiger partial charge in [0.15, 0.2) is 0 Å². The van der Waals surface area contributed by atoms with Crippen molar-refractivity contribution >= 4 is 21.7 Å². The molecule has 0 bridgehead atoms. The summed E-state index contributed by atoms with van der Waals surface area (Å²) in [6.45, 7) is -0.225. The number of carbonyl (C=O) groups excluding carboxylic acids is 2. The largest absolute Gasteiger partial charge is 0.416 e. The van der Waals surface area contributed by atoms with Crippen LogP contribution in [0.4, 0.5) is 26.3 Å². The normalized spacial score (nSPS) is 18.6. The number of rotatable bonds is 7. The molecule has 0 saturated carbocycles. The number of likely N-dealkylation sites (tertiary alicyclic amines) is 1. The molecule has 1 saturated heterocycles. The number of alkyl halides is 6. The van der Waals surface area contributed by atoms with E-state index in [1.807, 2.05) is 0 Å². The lowest BCUT2D eigenvalue weighted by molar-refractivity contribution is -0.143. The van der Waals surface area contributed by atoms with Crippen molar-refractivity contribution in [1.82, 2.24) is 9.80 Å². The van der Waals surface area contributed by atoms with Crippen LogP contribution in [0, 0.1) is 5.92 Å². The fourth-order valence-electron chi connectivity index (χ4n) is 4.69. The van der Waals surface area contributed by atoms with Gasteiger partial charge in [0.25, 0.3) is 0 Å². The molecule has 1 aliphatic rings. The van der Waals surface area contributed by atoms with E-state index in [1.165, 1.54) is 11.9 Å². The summed E-state index contributed by atoms with van der Waals surface area (Å²) in [6, 6.07) is 9.99. The van der Waals surface area contributed by atoms with E-state index in [0.717, 1.165) is 16.7 Å². The van der Waals surface area contributed by atoms with Crippen molar-refractivity contribution in [3.8, 4) is 0 Å². The third-order valence-corrected chi connectivity index (χ3v) is 7.59. The van der Waals surface area contributed by atoms with Crippen molar-refractivity contribution in [2.75, 3.05) is 32.1 Å². The number of hydrogen-bond acceptors (Lipinski definition) is 4. The molecule has 0 aliphatic carbocycles. The van der Waals surface area contributed by atoms with Crippen LogP contribution < -0.4 is 0 Å². The number of nitrogens with zero attached hydrogens (tertiary/aromatic N) is 2. The van der Waals surface area contributed by atoms with E-state index in [-0.39, 0.29) is 49.2 Å². The van der Waals surface area contributed by atoms with Crippen LogP contribution in [0.5, 0.6) is 0 Å². The summed E-state index contributed by atoms with van der Waals surface area (Å²) in [7, 11) is -2.06. The molecule has 1 heterocycles. The molecular formula is C26H28F6N2O4S. The number of halogens is 6. The Hall–Kier alpha value is -3.09. The van der Waals surface area contributed by atoms with Gasteiger partial charge in [-0.2, -0.15) is 26.3 Å². The third-order valence-electron chi connectivity index (χ3n) is 6.64. The highest BCUT2D eigenvalue weighted by atomic mass is 32.2. The Bertz CT molecular complexity index is 1260. The Kier molecular flexibility index (Phi) is 9.03. The molecule has 0 unspecified atom stereocenters. The highest BCUT2D eigenvalue weighted by molar-refractivity contribution is 7.90. The summed E-state index contributed by atoms with van der Waals surface area (Å²) in [5.41, 5.74) is -2.52. The fraction of sp³-hybridized carbons (Fsp3) is 0.462. The first-order valence-corrected chi connectivity index (χ1v) is 14.1. The molecule has 2 amide bonds. The molecule has 0 radical (unpaired) electrons. The molecule has 1 fully saturated rings. The van der Waals surface area contributed by atoms with E-state index in [9.17, 15) is 44.3 Å². The van der Waals surface area contributed by atoms with Gasteiger partial charge in [-0.3, -0.25) is 9.59 Å². The molecule has 0 N–H and O–H groups in total. The Morgan fingerprint density at radius 1 is 0.974 bits per heavy atom. The van der Waals surface area contributed by atoms with E-state index >= 15 is 0 Å². The van der Waals surface area contributed by atoms with Gasteiger partial charge in [0.2, 0.25) is 11.8 Å². The van der Waals surface area contributed by atoms with E-state index in [2.05, 4.69) is 0 Å². The Balaban J connectivity index is 1.84. The monoisotopic (exact) mass is 578 g/mol. The smallest absolute Gasteiger partial charge is 0.342 e. The molecule has 39 heavy (non-hydrogen) atoms. The van der Waals surface area contributed by atoms with Crippen LogP contribution in [0.1, 0.15) is 41.0 Å². The summed E-state index contributed by atoms with van der Waals surface area (Å²) in [5.74, 6) is -2.41. The first-order valence-electron chi connectivity index (χ1n) is 12.0. The SMILES string of the molecule is CN(Cc1cc(C(F)(F)F)cc(C(F)(F)F)c1)C(=O)[C@H]1CCN(C(=O)CCS(C)(=O)=O)C[C@H]1c1ccccc1. The van der Waals surface area contributed by atoms with Gasteiger partial charge in [-0.25, -0.2) is 8.42 Å². The molecule has 0 aromatic heterocycles. The minimum atomic E-state index is -5.01. The predicted octanol–water partition coefficient (Wildman–Crippen LogP) is 4.75. The summed E-state index contributed by atoms with van der Waals surface area (Å²) >= 11 is 0. The number of sulfone groups is 1. The lowest BCUT2D eigenvalue weighted by atomic mass is 9.79.